The summed E-state index contributed by atoms with van der Waals surface area (Å²) in [5.41, 5.74) is 1.02. The minimum Gasteiger partial charge on any atom is -0.497 e. The second kappa shape index (κ2) is 8.10. The van der Waals surface area contributed by atoms with Crippen LogP contribution < -0.4 is 9.46 Å². The molecule has 1 fully saturated rings. The summed E-state index contributed by atoms with van der Waals surface area (Å²) in [6.45, 7) is 1.56. The summed E-state index contributed by atoms with van der Waals surface area (Å²) < 4.78 is 34.4. The standard InChI is InChI=1S/C16H27N3O3S/c1-18(2)16(14-8-7-9-15(12-14)22-3)13-17-23(20,21)19-10-5-4-6-11-19/h7-9,12,16-17H,4-6,10-11,13H2,1-3H3. The number of methoxy groups -OCH3 is 1. The van der Waals surface area contributed by atoms with Gasteiger partial charge in [-0.05, 0) is 44.6 Å². The van der Waals surface area contributed by atoms with E-state index in [1.165, 1.54) is 0 Å². The molecule has 23 heavy (non-hydrogen) atoms. The highest BCUT2D eigenvalue weighted by Crippen LogP contribution is 2.22. The molecule has 0 saturated carbocycles. The summed E-state index contributed by atoms with van der Waals surface area (Å²) in [6, 6.07) is 7.69. The second-order valence-corrected chi connectivity index (χ2v) is 7.82. The zero-order valence-corrected chi connectivity index (χ0v) is 15.0. The summed E-state index contributed by atoms with van der Waals surface area (Å²) >= 11 is 0. The van der Waals surface area contributed by atoms with Gasteiger partial charge in [0.2, 0.25) is 0 Å². The van der Waals surface area contributed by atoms with Gasteiger partial charge in [0.1, 0.15) is 5.75 Å². The van der Waals surface area contributed by atoms with Crippen LogP contribution in [0.1, 0.15) is 30.9 Å². The van der Waals surface area contributed by atoms with Gasteiger partial charge in [0.25, 0.3) is 10.2 Å². The molecule has 1 saturated heterocycles. The van der Waals surface area contributed by atoms with E-state index >= 15 is 0 Å². The molecule has 130 valence electrons. The van der Waals surface area contributed by atoms with E-state index in [0.29, 0.717) is 19.6 Å². The third kappa shape index (κ3) is 4.91. The van der Waals surface area contributed by atoms with Gasteiger partial charge in [0, 0.05) is 25.7 Å². The Morgan fingerprint density at radius 2 is 1.96 bits per heavy atom. The predicted octanol–water partition coefficient (Wildman–Crippen LogP) is 1.62. The lowest BCUT2D eigenvalue weighted by atomic mass is 10.1. The summed E-state index contributed by atoms with van der Waals surface area (Å²) in [5, 5.41) is 0. The highest BCUT2D eigenvalue weighted by atomic mass is 32.2. The highest BCUT2D eigenvalue weighted by Gasteiger charge is 2.25. The molecule has 0 aliphatic carbocycles. The largest absolute Gasteiger partial charge is 0.497 e. The lowest BCUT2D eigenvalue weighted by molar-refractivity contribution is 0.292. The Kier molecular flexibility index (Phi) is 6.41. The van der Waals surface area contributed by atoms with Crippen LogP contribution in [0.5, 0.6) is 5.75 Å². The Bertz CT molecular complexity index is 598. The van der Waals surface area contributed by atoms with Crippen molar-refractivity contribution in [3.63, 3.8) is 0 Å². The van der Waals surface area contributed by atoms with Crippen molar-refractivity contribution >= 4 is 10.2 Å². The van der Waals surface area contributed by atoms with Crippen LogP contribution in [-0.4, -0.2) is 58.5 Å². The summed E-state index contributed by atoms with van der Waals surface area (Å²) in [6.07, 6.45) is 2.98. The number of likely N-dealkylation sites (N-methyl/N-ethyl adjacent to an activating group) is 1. The number of piperidine rings is 1. The van der Waals surface area contributed by atoms with Crippen LogP contribution in [0.15, 0.2) is 24.3 Å². The van der Waals surface area contributed by atoms with Gasteiger partial charge in [-0.3, -0.25) is 0 Å². The summed E-state index contributed by atoms with van der Waals surface area (Å²) in [7, 11) is 2.11. The van der Waals surface area contributed by atoms with Gasteiger partial charge in [-0.15, -0.1) is 0 Å². The molecule has 7 heteroatoms. The van der Waals surface area contributed by atoms with Crippen molar-refractivity contribution in [3.8, 4) is 5.75 Å². The average molecular weight is 341 g/mol. The number of benzene rings is 1. The van der Waals surface area contributed by atoms with Crippen LogP contribution in [0.2, 0.25) is 0 Å². The molecule has 1 unspecified atom stereocenters. The van der Waals surface area contributed by atoms with Gasteiger partial charge in [-0.1, -0.05) is 18.6 Å². The van der Waals surface area contributed by atoms with Crippen LogP contribution in [0.4, 0.5) is 0 Å². The maximum absolute atomic E-state index is 12.4. The molecule has 0 aromatic heterocycles. The Hall–Kier alpha value is -1.15. The normalized spacial score (nSPS) is 18.1. The third-order valence-electron chi connectivity index (χ3n) is 4.22. The van der Waals surface area contributed by atoms with Crippen LogP contribution in [0, 0.1) is 0 Å². The molecule has 1 atom stereocenters. The topological polar surface area (TPSA) is 61.9 Å². The van der Waals surface area contributed by atoms with E-state index in [4.69, 9.17) is 4.74 Å². The van der Waals surface area contributed by atoms with E-state index < -0.39 is 10.2 Å². The van der Waals surface area contributed by atoms with Crippen molar-refractivity contribution in [1.29, 1.82) is 0 Å². The zero-order chi connectivity index (χ0) is 16.9. The Balaban J connectivity index is 2.07. The van der Waals surface area contributed by atoms with Crippen molar-refractivity contribution < 1.29 is 13.2 Å². The maximum Gasteiger partial charge on any atom is 0.279 e. The molecule has 0 amide bonds. The number of hydrogen-bond donors (Lipinski definition) is 1. The average Bonchev–Trinajstić information content (AvgIpc) is 2.55. The lowest BCUT2D eigenvalue weighted by Crippen LogP contribution is -2.45. The monoisotopic (exact) mass is 341 g/mol. The van der Waals surface area contributed by atoms with E-state index in [1.54, 1.807) is 11.4 Å². The SMILES string of the molecule is COc1cccc(C(CNS(=O)(=O)N2CCCCC2)N(C)C)c1. The Morgan fingerprint density at radius 1 is 1.26 bits per heavy atom. The first-order valence-corrected chi connectivity index (χ1v) is 9.43. The zero-order valence-electron chi connectivity index (χ0n) is 14.2. The van der Waals surface area contributed by atoms with E-state index in [-0.39, 0.29) is 6.04 Å². The van der Waals surface area contributed by atoms with Crippen molar-refractivity contribution in [2.75, 3.05) is 40.8 Å². The molecule has 1 aromatic rings. The number of ether oxygens (including phenoxy) is 1. The molecule has 0 bridgehead atoms. The van der Waals surface area contributed by atoms with E-state index in [9.17, 15) is 8.42 Å². The second-order valence-electron chi connectivity index (χ2n) is 6.07. The fourth-order valence-electron chi connectivity index (χ4n) is 2.83. The highest BCUT2D eigenvalue weighted by molar-refractivity contribution is 7.87. The number of nitrogens with zero attached hydrogens (tertiary/aromatic N) is 2. The van der Waals surface area contributed by atoms with E-state index in [1.807, 2.05) is 43.3 Å². The molecular weight excluding hydrogens is 314 g/mol. The predicted molar refractivity (Wildman–Crippen MR) is 91.8 cm³/mol. The lowest BCUT2D eigenvalue weighted by Gasteiger charge is -2.29. The quantitative estimate of drug-likeness (QED) is 0.819. The van der Waals surface area contributed by atoms with Crippen LogP contribution in [0.3, 0.4) is 0 Å². The van der Waals surface area contributed by atoms with Gasteiger partial charge < -0.3 is 9.64 Å². The van der Waals surface area contributed by atoms with Crippen LogP contribution in [0.25, 0.3) is 0 Å². The smallest absolute Gasteiger partial charge is 0.279 e. The van der Waals surface area contributed by atoms with Crippen molar-refractivity contribution in [2.45, 2.75) is 25.3 Å². The number of rotatable bonds is 7. The van der Waals surface area contributed by atoms with Gasteiger partial charge in [0.05, 0.1) is 7.11 Å². The van der Waals surface area contributed by atoms with Crippen LogP contribution >= 0.6 is 0 Å². The van der Waals surface area contributed by atoms with Gasteiger partial charge in [-0.25, -0.2) is 4.72 Å². The Labute approximate surface area is 139 Å². The molecule has 2 rings (SSSR count). The summed E-state index contributed by atoms with van der Waals surface area (Å²) in [5.74, 6) is 0.772. The van der Waals surface area contributed by atoms with Gasteiger partial charge in [-0.2, -0.15) is 12.7 Å². The third-order valence-corrected chi connectivity index (χ3v) is 5.79. The molecular formula is C16H27N3O3S. The molecule has 1 aliphatic rings. The molecule has 1 aliphatic heterocycles. The van der Waals surface area contributed by atoms with Crippen molar-refractivity contribution in [1.82, 2.24) is 13.9 Å². The molecule has 6 nitrogen and oxygen atoms in total. The van der Waals surface area contributed by atoms with Gasteiger partial charge in [0.15, 0.2) is 0 Å². The summed E-state index contributed by atoms with van der Waals surface area (Å²) in [4.78, 5) is 2.01. The first kappa shape index (κ1) is 18.2. The van der Waals surface area contributed by atoms with Crippen LogP contribution in [-0.2, 0) is 10.2 Å². The minimum atomic E-state index is -3.41. The minimum absolute atomic E-state index is 0.0512. The molecule has 0 radical (unpaired) electrons. The Morgan fingerprint density at radius 3 is 2.57 bits per heavy atom. The fraction of sp³-hybridized carbons (Fsp3) is 0.625. The molecule has 1 N–H and O–H groups in total. The maximum atomic E-state index is 12.4. The van der Waals surface area contributed by atoms with Crippen molar-refractivity contribution in [2.24, 2.45) is 0 Å². The number of hydrogen-bond acceptors (Lipinski definition) is 4. The first-order valence-electron chi connectivity index (χ1n) is 7.99. The van der Waals surface area contributed by atoms with Gasteiger partial charge >= 0.3 is 0 Å². The fourth-order valence-corrected chi connectivity index (χ4v) is 4.12. The number of nitrogens with one attached hydrogen (secondary N) is 1. The first-order chi connectivity index (χ1) is 10.9. The molecule has 0 spiro atoms. The van der Waals surface area contributed by atoms with E-state index in [0.717, 1.165) is 30.6 Å². The van der Waals surface area contributed by atoms with Crippen molar-refractivity contribution in [3.05, 3.63) is 29.8 Å². The molecule has 1 aromatic carbocycles. The molecule has 1 heterocycles. The van der Waals surface area contributed by atoms with E-state index in [2.05, 4.69) is 4.72 Å².